The van der Waals surface area contributed by atoms with Crippen molar-refractivity contribution in [2.75, 3.05) is 7.11 Å². The van der Waals surface area contributed by atoms with Crippen LogP contribution in [0.3, 0.4) is 0 Å². The van der Waals surface area contributed by atoms with Gasteiger partial charge < -0.3 is 10.1 Å². The van der Waals surface area contributed by atoms with Crippen molar-refractivity contribution in [3.05, 3.63) is 29.6 Å². The van der Waals surface area contributed by atoms with Crippen LogP contribution in [0, 0.1) is 5.41 Å². The standard InChI is InChI=1S/C16H26N2O2/c1-15(2,3)11-16(4,5)18-10-13-8-7-12(9-17-13)14(19)20-6/h7-9,18H,10-11H2,1-6H3. The van der Waals surface area contributed by atoms with Crippen LogP contribution in [0.15, 0.2) is 18.3 Å². The van der Waals surface area contributed by atoms with Gasteiger partial charge in [0.1, 0.15) is 0 Å². The lowest BCUT2D eigenvalue weighted by molar-refractivity contribution is 0.0600. The van der Waals surface area contributed by atoms with Crippen molar-refractivity contribution in [1.82, 2.24) is 10.3 Å². The third-order valence-electron chi connectivity index (χ3n) is 2.97. The molecule has 0 spiro atoms. The molecule has 1 heterocycles. The fourth-order valence-corrected chi connectivity index (χ4v) is 2.49. The second kappa shape index (κ2) is 6.35. The number of carbonyl (C=O) groups excluding carboxylic acids is 1. The number of methoxy groups -OCH3 is 1. The van der Waals surface area contributed by atoms with Crippen molar-refractivity contribution >= 4 is 5.97 Å². The van der Waals surface area contributed by atoms with Gasteiger partial charge in [0.25, 0.3) is 0 Å². The summed E-state index contributed by atoms with van der Waals surface area (Å²) in [6.07, 6.45) is 2.62. The van der Waals surface area contributed by atoms with E-state index in [1.54, 1.807) is 12.3 Å². The highest BCUT2D eigenvalue weighted by Crippen LogP contribution is 2.26. The van der Waals surface area contributed by atoms with Crippen LogP contribution < -0.4 is 5.32 Å². The van der Waals surface area contributed by atoms with Gasteiger partial charge in [0.05, 0.1) is 18.4 Å². The van der Waals surface area contributed by atoms with E-state index in [4.69, 9.17) is 0 Å². The molecule has 0 aliphatic rings. The number of ether oxygens (including phenoxy) is 1. The molecule has 0 saturated carbocycles. The Balaban J connectivity index is 2.59. The summed E-state index contributed by atoms with van der Waals surface area (Å²) in [5.41, 5.74) is 1.71. The molecule has 0 fully saturated rings. The van der Waals surface area contributed by atoms with Gasteiger partial charge >= 0.3 is 5.97 Å². The lowest BCUT2D eigenvalue weighted by Gasteiger charge is -2.33. The van der Waals surface area contributed by atoms with Gasteiger partial charge in [-0.25, -0.2) is 4.79 Å². The van der Waals surface area contributed by atoms with Crippen LogP contribution in [0.25, 0.3) is 0 Å². The quantitative estimate of drug-likeness (QED) is 0.841. The second-order valence-corrected chi connectivity index (χ2v) is 7.00. The average molecular weight is 278 g/mol. The normalized spacial score (nSPS) is 12.3. The van der Waals surface area contributed by atoms with Gasteiger partial charge in [-0.1, -0.05) is 20.8 Å². The largest absolute Gasteiger partial charge is 0.465 e. The fraction of sp³-hybridized carbons (Fsp3) is 0.625. The SMILES string of the molecule is COC(=O)c1ccc(CNC(C)(C)CC(C)(C)C)nc1. The average Bonchev–Trinajstić information content (AvgIpc) is 2.33. The third-order valence-corrected chi connectivity index (χ3v) is 2.97. The van der Waals surface area contributed by atoms with Gasteiger partial charge in [-0.05, 0) is 37.8 Å². The number of aromatic nitrogens is 1. The lowest BCUT2D eigenvalue weighted by Crippen LogP contribution is -2.42. The molecule has 4 nitrogen and oxygen atoms in total. The number of nitrogens with one attached hydrogen (secondary N) is 1. The molecule has 0 unspecified atom stereocenters. The molecule has 1 aromatic rings. The molecule has 1 aromatic heterocycles. The Labute approximate surface area is 121 Å². The van der Waals surface area contributed by atoms with Gasteiger partial charge in [0.15, 0.2) is 0 Å². The Hall–Kier alpha value is -1.42. The molecule has 0 amide bonds. The molecular weight excluding hydrogens is 252 g/mol. The Morgan fingerprint density at radius 3 is 2.35 bits per heavy atom. The van der Waals surface area contributed by atoms with Gasteiger partial charge in [-0.3, -0.25) is 4.98 Å². The summed E-state index contributed by atoms with van der Waals surface area (Å²) in [7, 11) is 1.37. The molecule has 0 aliphatic carbocycles. The zero-order valence-corrected chi connectivity index (χ0v) is 13.4. The summed E-state index contributed by atoms with van der Waals surface area (Å²) in [6, 6.07) is 3.60. The Morgan fingerprint density at radius 1 is 1.25 bits per heavy atom. The van der Waals surface area contributed by atoms with E-state index < -0.39 is 0 Å². The highest BCUT2D eigenvalue weighted by Gasteiger charge is 2.24. The minimum absolute atomic E-state index is 0.0426. The first-order valence-electron chi connectivity index (χ1n) is 6.91. The smallest absolute Gasteiger partial charge is 0.339 e. The van der Waals surface area contributed by atoms with Gasteiger partial charge in [-0.15, -0.1) is 0 Å². The van der Waals surface area contributed by atoms with Crippen LogP contribution >= 0.6 is 0 Å². The number of rotatable bonds is 5. The van der Waals surface area contributed by atoms with Crippen LogP contribution in [0.1, 0.15) is 57.1 Å². The van der Waals surface area contributed by atoms with Crippen molar-refractivity contribution < 1.29 is 9.53 Å². The summed E-state index contributed by atoms with van der Waals surface area (Å²) in [4.78, 5) is 15.6. The summed E-state index contributed by atoms with van der Waals surface area (Å²) in [5, 5.41) is 3.52. The maximum absolute atomic E-state index is 11.3. The van der Waals surface area contributed by atoms with Gasteiger partial charge in [-0.2, -0.15) is 0 Å². The number of esters is 1. The number of pyridine rings is 1. The molecule has 112 valence electrons. The third kappa shape index (κ3) is 5.70. The topological polar surface area (TPSA) is 51.2 Å². The van der Waals surface area contributed by atoms with Crippen LogP contribution in [0.5, 0.6) is 0 Å². The van der Waals surface area contributed by atoms with Gasteiger partial charge in [0.2, 0.25) is 0 Å². The first kappa shape index (κ1) is 16.6. The van der Waals surface area contributed by atoms with E-state index in [0.717, 1.165) is 12.1 Å². The van der Waals surface area contributed by atoms with Crippen molar-refractivity contribution in [3.8, 4) is 0 Å². The molecule has 1 N–H and O–H groups in total. The van der Waals surface area contributed by atoms with E-state index in [-0.39, 0.29) is 16.9 Å². The van der Waals surface area contributed by atoms with Crippen LogP contribution in [0.2, 0.25) is 0 Å². The Morgan fingerprint density at radius 2 is 1.90 bits per heavy atom. The summed E-state index contributed by atoms with van der Waals surface area (Å²) in [5.74, 6) is -0.356. The van der Waals surface area contributed by atoms with Crippen molar-refractivity contribution in [1.29, 1.82) is 0 Å². The Kier molecular flexibility index (Phi) is 5.28. The minimum Gasteiger partial charge on any atom is -0.465 e. The first-order chi connectivity index (χ1) is 9.13. The predicted molar refractivity (Wildman–Crippen MR) is 80.6 cm³/mol. The van der Waals surface area contributed by atoms with E-state index in [9.17, 15) is 4.79 Å². The molecule has 4 heteroatoms. The molecule has 20 heavy (non-hydrogen) atoms. The van der Waals surface area contributed by atoms with Gasteiger partial charge in [0, 0.05) is 18.3 Å². The summed E-state index contributed by atoms with van der Waals surface area (Å²) in [6.45, 7) is 11.8. The molecule has 0 saturated heterocycles. The van der Waals surface area contributed by atoms with Crippen LogP contribution in [-0.2, 0) is 11.3 Å². The van der Waals surface area contributed by atoms with E-state index in [2.05, 4.69) is 49.7 Å². The van der Waals surface area contributed by atoms with Crippen LogP contribution in [0.4, 0.5) is 0 Å². The number of hydrogen-bond acceptors (Lipinski definition) is 4. The molecule has 0 radical (unpaired) electrons. The second-order valence-electron chi connectivity index (χ2n) is 7.00. The molecule has 0 aliphatic heterocycles. The summed E-state index contributed by atoms with van der Waals surface area (Å²) < 4.78 is 4.65. The number of nitrogens with zero attached hydrogens (tertiary/aromatic N) is 1. The maximum Gasteiger partial charge on any atom is 0.339 e. The van der Waals surface area contributed by atoms with E-state index >= 15 is 0 Å². The number of carbonyl (C=O) groups is 1. The maximum atomic E-state index is 11.3. The summed E-state index contributed by atoms with van der Waals surface area (Å²) >= 11 is 0. The molecule has 1 rings (SSSR count). The van der Waals surface area contributed by atoms with Crippen molar-refractivity contribution in [3.63, 3.8) is 0 Å². The molecular formula is C16H26N2O2. The van der Waals surface area contributed by atoms with E-state index in [1.165, 1.54) is 7.11 Å². The molecule has 0 atom stereocenters. The Bertz CT molecular complexity index is 445. The van der Waals surface area contributed by atoms with Crippen molar-refractivity contribution in [2.45, 2.75) is 53.1 Å². The molecule has 0 aromatic carbocycles. The minimum atomic E-state index is -0.356. The van der Waals surface area contributed by atoms with Crippen LogP contribution in [-0.4, -0.2) is 23.6 Å². The zero-order valence-electron chi connectivity index (χ0n) is 13.4. The fourth-order valence-electron chi connectivity index (χ4n) is 2.49. The lowest BCUT2D eigenvalue weighted by atomic mass is 9.82. The zero-order chi connectivity index (χ0) is 15.4. The van der Waals surface area contributed by atoms with E-state index in [0.29, 0.717) is 12.1 Å². The first-order valence-corrected chi connectivity index (χ1v) is 6.91. The number of hydrogen-bond donors (Lipinski definition) is 1. The highest BCUT2D eigenvalue weighted by atomic mass is 16.5. The van der Waals surface area contributed by atoms with Crippen molar-refractivity contribution in [2.24, 2.45) is 5.41 Å². The highest BCUT2D eigenvalue weighted by molar-refractivity contribution is 5.88. The monoisotopic (exact) mass is 278 g/mol. The predicted octanol–water partition coefficient (Wildman–Crippen LogP) is 3.17. The molecule has 0 bridgehead atoms. The van der Waals surface area contributed by atoms with E-state index in [1.807, 2.05) is 6.07 Å².